The fourth-order valence-electron chi connectivity index (χ4n) is 4.31. The van der Waals surface area contributed by atoms with Gasteiger partial charge in [-0.3, -0.25) is 9.69 Å². The Morgan fingerprint density at radius 1 is 0.964 bits per heavy atom. The van der Waals surface area contributed by atoms with Gasteiger partial charge in [0.05, 0.1) is 26.9 Å². The second-order valence-corrected chi connectivity index (χ2v) is 7.82. The van der Waals surface area contributed by atoms with Gasteiger partial charge in [0.15, 0.2) is 11.5 Å². The summed E-state index contributed by atoms with van der Waals surface area (Å²) in [6.07, 6.45) is 4.94. The molecule has 2 aliphatic rings. The van der Waals surface area contributed by atoms with Crippen LogP contribution in [-0.2, 0) is 11.3 Å². The van der Waals surface area contributed by atoms with Crippen molar-refractivity contribution in [1.29, 1.82) is 0 Å². The fraction of sp³-hybridized carbons (Fsp3) is 0.667. The Hall–Kier alpha value is -1.99. The van der Waals surface area contributed by atoms with Crippen molar-refractivity contribution in [2.24, 2.45) is 5.73 Å². The van der Waals surface area contributed by atoms with E-state index in [0.29, 0.717) is 17.2 Å². The summed E-state index contributed by atoms with van der Waals surface area (Å²) >= 11 is 0. The summed E-state index contributed by atoms with van der Waals surface area (Å²) in [5.41, 5.74) is 6.89. The molecule has 1 amide bonds. The highest BCUT2D eigenvalue weighted by molar-refractivity contribution is 5.86. The Morgan fingerprint density at radius 2 is 1.54 bits per heavy atom. The molecule has 0 unspecified atom stereocenters. The third-order valence-corrected chi connectivity index (χ3v) is 5.96. The first-order valence-corrected chi connectivity index (χ1v) is 10.1. The lowest BCUT2D eigenvalue weighted by Gasteiger charge is -2.41. The fourth-order valence-corrected chi connectivity index (χ4v) is 4.31. The Morgan fingerprint density at radius 3 is 2.04 bits per heavy atom. The van der Waals surface area contributed by atoms with Gasteiger partial charge < -0.3 is 24.8 Å². The molecule has 1 heterocycles. The molecule has 0 atom stereocenters. The van der Waals surface area contributed by atoms with E-state index in [0.717, 1.165) is 64.0 Å². The number of nitrogens with two attached hydrogens (primary N) is 1. The molecule has 2 fully saturated rings. The molecule has 1 saturated carbocycles. The monoisotopic (exact) mass is 391 g/mol. The first-order valence-electron chi connectivity index (χ1n) is 10.1. The largest absolute Gasteiger partial charge is 0.493 e. The smallest absolute Gasteiger partial charge is 0.242 e. The molecular formula is C21H33N3O4. The number of carbonyl (C=O) groups is 1. The number of ether oxygens (including phenoxy) is 3. The van der Waals surface area contributed by atoms with E-state index in [2.05, 4.69) is 4.90 Å². The van der Waals surface area contributed by atoms with Crippen LogP contribution in [0.3, 0.4) is 0 Å². The van der Waals surface area contributed by atoms with Crippen LogP contribution in [0.2, 0.25) is 0 Å². The Bertz CT molecular complexity index is 655. The van der Waals surface area contributed by atoms with Gasteiger partial charge in [-0.15, -0.1) is 0 Å². The zero-order valence-corrected chi connectivity index (χ0v) is 17.3. The Balaban J connectivity index is 1.60. The SMILES string of the molecule is COc1cc(CN2CCN(C(=O)C3(N)CCCCC3)CC2)cc(OC)c1OC. The number of hydrogen-bond donors (Lipinski definition) is 1. The molecule has 2 N–H and O–H groups in total. The van der Waals surface area contributed by atoms with E-state index in [-0.39, 0.29) is 5.91 Å². The van der Waals surface area contributed by atoms with Crippen molar-refractivity contribution in [2.45, 2.75) is 44.2 Å². The van der Waals surface area contributed by atoms with Crippen molar-refractivity contribution in [2.75, 3.05) is 47.5 Å². The molecule has 3 rings (SSSR count). The molecule has 7 heteroatoms. The van der Waals surface area contributed by atoms with Crippen molar-refractivity contribution in [3.63, 3.8) is 0 Å². The summed E-state index contributed by atoms with van der Waals surface area (Å²) in [4.78, 5) is 17.2. The second-order valence-electron chi connectivity index (χ2n) is 7.82. The van der Waals surface area contributed by atoms with Crippen LogP contribution in [0.1, 0.15) is 37.7 Å². The second kappa shape index (κ2) is 9.01. The maximum atomic E-state index is 12.9. The van der Waals surface area contributed by atoms with Crippen molar-refractivity contribution < 1.29 is 19.0 Å². The predicted octanol–water partition coefficient (Wildman–Crippen LogP) is 2.02. The number of hydrogen-bond acceptors (Lipinski definition) is 6. The average Bonchev–Trinajstić information content (AvgIpc) is 2.73. The van der Waals surface area contributed by atoms with Crippen LogP contribution in [-0.4, -0.2) is 68.8 Å². The lowest BCUT2D eigenvalue weighted by atomic mass is 9.81. The summed E-state index contributed by atoms with van der Waals surface area (Å²) in [5, 5.41) is 0. The number of benzene rings is 1. The Kier molecular flexibility index (Phi) is 6.67. The van der Waals surface area contributed by atoms with Gasteiger partial charge in [-0.2, -0.15) is 0 Å². The van der Waals surface area contributed by atoms with Crippen LogP contribution >= 0.6 is 0 Å². The topological polar surface area (TPSA) is 77.3 Å². The molecule has 1 aromatic carbocycles. The molecular weight excluding hydrogens is 358 g/mol. The van der Waals surface area contributed by atoms with E-state index in [1.807, 2.05) is 17.0 Å². The average molecular weight is 392 g/mol. The van der Waals surface area contributed by atoms with Crippen molar-refractivity contribution >= 4 is 5.91 Å². The maximum absolute atomic E-state index is 12.9. The summed E-state index contributed by atoms with van der Waals surface area (Å²) in [6, 6.07) is 3.96. The van der Waals surface area contributed by atoms with Crippen LogP contribution in [0.5, 0.6) is 17.2 Å². The van der Waals surface area contributed by atoms with Crippen LogP contribution in [0.4, 0.5) is 0 Å². The van der Waals surface area contributed by atoms with Gasteiger partial charge in [0.1, 0.15) is 0 Å². The third kappa shape index (κ3) is 4.36. The number of amides is 1. The van der Waals surface area contributed by atoms with Crippen molar-refractivity contribution in [3.05, 3.63) is 17.7 Å². The van der Waals surface area contributed by atoms with E-state index >= 15 is 0 Å². The third-order valence-electron chi connectivity index (χ3n) is 5.96. The minimum absolute atomic E-state index is 0.139. The highest BCUT2D eigenvalue weighted by atomic mass is 16.5. The van der Waals surface area contributed by atoms with Gasteiger partial charge in [-0.25, -0.2) is 0 Å². The molecule has 0 bridgehead atoms. The normalized spacial score (nSPS) is 19.9. The van der Waals surface area contributed by atoms with Crippen molar-refractivity contribution in [3.8, 4) is 17.2 Å². The van der Waals surface area contributed by atoms with E-state index in [9.17, 15) is 4.79 Å². The molecule has 1 saturated heterocycles. The summed E-state index contributed by atoms with van der Waals surface area (Å²) < 4.78 is 16.3. The molecule has 1 aliphatic carbocycles. The number of piperazine rings is 1. The first-order chi connectivity index (χ1) is 13.5. The van der Waals surface area contributed by atoms with Gasteiger partial charge in [0.2, 0.25) is 11.7 Å². The van der Waals surface area contributed by atoms with Gasteiger partial charge >= 0.3 is 0 Å². The number of methoxy groups -OCH3 is 3. The molecule has 0 aromatic heterocycles. The molecule has 28 heavy (non-hydrogen) atoms. The van der Waals surface area contributed by atoms with Gasteiger partial charge in [-0.1, -0.05) is 19.3 Å². The summed E-state index contributed by atoms with van der Waals surface area (Å²) in [6.45, 7) is 3.88. The predicted molar refractivity (Wildman–Crippen MR) is 108 cm³/mol. The lowest BCUT2D eigenvalue weighted by molar-refractivity contribution is -0.140. The quantitative estimate of drug-likeness (QED) is 0.799. The molecule has 7 nitrogen and oxygen atoms in total. The Labute approximate surface area is 167 Å². The number of rotatable bonds is 6. The summed E-state index contributed by atoms with van der Waals surface area (Å²) in [5.74, 6) is 2.06. The van der Waals surface area contributed by atoms with Gasteiger partial charge in [0, 0.05) is 32.7 Å². The highest BCUT2D eigenvalue weighted by Gasteiger charge is 2.39. The minimum Gasteiger partial charge on any atom is -0.493 e. The van der Waals surface area contributed by atoms with E-state index < -0.39 is 5.54 Å². The molecule has 156 valence electrons. The standard InChI is InChI=1S/C21H33N3O4/c1-26-17-13-16(14-18(27-2)19(17)28-3)15-23-9-11-24(12-10-23)20(25)21(22)7-5-4-6-8-21/h13-14H,4-12,15,22H2,1-3H3. The van der Waals surface area contributed by atoms with Gasteiger partial charge in [-0.05, 0) is 30.5 Å². The lowest BCUT2D eigenvalue weighted by Crippen LogP contribution is -2.60. The highest BCUT2D eigenvalue weighted by Crippen LogP contribution is 2.38. The van der Waals surface area contributed by atoms with Crippen LogP contribution in [0.25, 0.3) is 0 Å². The molecule has 1 aliphatic heterocycles. The maximum Gasteiger partial charge on any atom is 0.242 e. The molecule has 1 aromatic rings. The number of carbonyl (C=O) groups excluding carboxylic acids is 1. The first kappa shape index (κ1) is 20.7. The zero-order chi connectivity index (χ0) is 20.1. The van der Waals surface area contributed by atoms with Crippen LogP contribution in [0.15, 0.2) is 12.1 Å². The van der Waals surface area contributed by atoms with E-state index in [4.69, 9.17) is 19.9 Å². The molecule has 0 spiro atoms. The van der Waals surface area contributed by atoms with E-state index in [1.165, 1.54) is 6.42 Å². The number of nitrogens with zero attached hydrogens (tertiary/aromatic N) is 2. The molecule has 0 radical (unpaired) electrons. The summed E-state index contributed by atoms with van der Waals surface area (Å²) in [7, 11) is 4.85. The van der Waals surface area contributed by atoms with E-state index in [1.54, 1.807) is 21.3 Å². The van der Waals surface area contributed by atoms with Crippen LogP contribution < -0.4 is 19.9 Å². The van der Waals surface area contributed by atoms with Crippen molar-refractivity contribution in [1.82, 2.24) is 9.80 Å². The van der Waals surface area contributed by atoms with Crippen LogP contribution in [0, 0.1) is 0 Å². The minimum atomic E-state index is -0.642. The zero-order valence-electron chi connectivity index (χ0n) is 17.3. The van der Waals surface area contributed by atoms with Gasteiger partial charge in [0.25, 0.3) is 0 Å².